The quantitative estimate of drug-likeness (QED) is 0.614. The molecular formula is C19H17N5. The molecule has 0 aromatic carbocycles. The highest BCUT2D eigenvalue weighted by Crippen LogP contribution is 2.19. The van der Waals surface area contributed by atoms with Gasteiger partial charge in [-0.3, -0.25) is 4.98 Å². The van der Waals surface area contributed by atoms with Gasteiger partial charge < -0.3 is 4.98 Å². The fourth-order valence-electron chi connectivity index (χ4n) is 2.82. The summed E-state index contributed by atoms with van der Waals surface area (Å²) in [5, 5.41) is 1.17. The van der Waals surface area contributed by atoms with Gasteiger partial charge in [0.15, 0.2) is 0 Å². The number of nitrogens with zero attached hydrogens (tertiary/aromatic N) is 4. The first-order chi connectivity index (χ1) is 11.9. The number of aryl methyl sites for hydroxylation is 2. The minimum atomic E-state index is 0.853. The summed E-state index contributed by atoms with van der Waals surface area (Å²) in [6, 6.07) is 8.32. The normalized spacial score (nSPS) is 11.0. The third-order valence-corrected chi connectivity index (χ3v) is 4.10. The molecule has 0 aliphatic rings. The van der Waals surface area contributed by atoms with Crippen LogP contribution in [0.25, 0.3) is 11.0 Å². The maximum atomic E-state index is 4.59. The van der Waals surface area contributed by atoms with Crippen LogP contribution in [0.2, 0.25) is 0 Å². The van der Waals surface area contributed by atoms with Crippen molar-refractivity contribution in [2.45, 2.75) is 19.3 Å². The number of hydrogen-bond donors (Lipinski definition) is 1. The van der Waals surface area contributed by atoms with Gasteiger partial charge in [-0.1, -0.05) is 6.07 Å². The number of hydrogen-bond acceptors (Lipinski definition) is 4. The van der Waals surface area contributed by atoms with Crippen LogP contribution in [0, 0.1) is 0 Å². The van der Waals surface area contributed by atoms with E-state index in [-0.39, 0.29) is 0 Å². The zero-order valence-electron chi connectivity index (χ0n) is 13.2. The van der Waals surface area contributed by atoms with Crippen LogP contribution >= 0.6 is 0 Å². The lowest BCUT2D eigenvalue weighted by Gasteiger charge is -2.04. The maximum absolute atomic E-state index is 4.59. The van der Waals surface area contributed by atoms with Crippen molar-refractivity contribution in [3.63, 3.8) is 0 Å². The Labute approximate surface area is 139 Å². The Hall–Kier alpha value is -3.08. The zero-order valence-corrected chi connectivity index (χ0v) is 13.2. The number of nitrogens with one attached hydrogen (secondary N) is 1. The van der Waals surface area contributed by atoms with E-state index >= 15 is 0 Å². The molecule has 0 aliphatic carbocycles. The summed E-state index contributed by atoms with van der Waals surface area (Å²) in [6.07, 6.45) is 13.7. The second kappa shape index (κ2) is 6.58. The standard InChI is InChI=1S/C19H17N5/c1-2-18-16(12-24-19(18)22-7-1)8-14-3-5-17(23-11-14)6-4-15-9-20-13-21-10-15/h1-3,5,7,9-13H,4,6,8H2,(H,22,24). The number of rotatable bonds is 5. The van der Waals surface area contributed by atoms with Crippen LogP contribution in [0.3, 0.4) is 0 Å². The van der Waals surface area contributed by atoms with Crippen molar-refractivity contribution in [1.29, 1.82) is 0 Å². The van der Waals surface area contributed by atoms with Crippen molar-refractivity contribution in [2.24, 2.45) is 0 Å². The molecular weight excluding hydrogens is 298 g/mol. The van der Waals surface area contributed by atoms with E-state index in [9.17, 15) is 0 Å². The lowest BCUT2D eigenvalue weighted by atomic mass is 10.1. The summed E-state index contributed by atoms with van der Waals surface area (Å²) in [6.45, 7) is 0. The molecule has 0 spiro atoms. The van der Waals surface area contributed by atoms with Gasteiger partial charge in [0.2, 0.25) is 0 Å². The highest BCUT2D eigenvalue weighted by Gasteiger charge is 2.05. The first kappa shape index (κ1) is 14.5. The van der Waals surface area contributed by atoms with Gasteiger partial charge in [0, 0.05) is 48.5 Å². The summed E-state index contributed by atoms with van der Waals surface area (Å²) in [5.74, 6) is 0. The molecule has 4 heterocycles. The number of fused-ring (bicyclic) bond motifs is 1. The number of pyridine rings is 2. The number of aromatic amines is 1. The van der Waals surface area contributed by atoms with Crippen molar-refractivity contribution in [3.8, 4) is 0 Å². The van der Waals surface area contributed by atoms with E-state index < -0.39 is 0 Å². The first-order valence-electron chi connectivity index (χ1n) is 7.97. The second-order valence-electron chi connectivity index (χ2n) is 5.79. The van der Waals surface area contributed by atoms with Gasteiger partial charge in [0.25, 0.3) is 0 Å². The van der Waals surface area contributed by atoms with E-state index in [1.807, 2.05) is 30.9 Å². The molecule has 4 aromatic rings. The topological polar surface area (TPSA) is 67.3 Å². The molecule has 1 N–H and O–H groups in total. The Morgan fingerprint density at radius 2 is 1.79 bits per heavy atom. The van der Waals surface area contributed by atoms with Gasteiger partial charge >= 0.3 is 0 Å². The van der Waals surface area contributed by atoms with Gasteiger partial charge in [-0.2, -0.15) is 0 Å². The third-order valence-electron chi connectivity index (χ3n) is 4.10. The van der Waals surface area contributed by atoms with Crippen LogP contribution < -0.4 is 0 Å². The highest BCUT2D eigenvalue weighted by molar-refractivity contribution is 5.79. The predicted octanol–water partition coefficient (Wildman–Crippen LogP) is 3.12. The molecule has 0 radical (unpaired) electrons. The van der Waals surface area contributed by atoms with Gasteiger partial charge in [0.1, 0.15) is 12.0 Å². The molecule has 0 amide bonds. The Morgan fingerprint density at radius 3 is 2.62 bits per heavy atom. The number of aromatic nitrogens is 5. The molecule has 0 atom stereocenters. The van der Waals surface area contributed by atoms with Crippen molar-refractivity contribution >= 4 is 11.0 Å². The van der Waals surface area contributed by atoms with E-state index in [1.54, 1.807) is 12.5 Å². The highest BCUT2D eigenvalue weighted by atomic mass is 14.8. The summed E-state index contributed by atoms with van der Waals surface area (Å²) in [5.41, 5.74) is 5.60. The Bertz CT molecular complexity index is 929. The van der Waals surface area contributed by atoms with Crippen molar-refractivity contribution < 1.29 is 0 Å². The first-order valence-corrected chi connectivity index (χ1v) is 7.97. The number of H-pyrrole nitrogens is 1. The lowest BCUT2D eigenvalue weighted by Crippen LogP contribution is -1.97. The van der Waals surface area contributed by atoms with Gasteiger partial charge in [0.05, 0.1) is 0 Å². The van der Waals surface area contributed by atoms with Crippen LogP contribution in [0.5, 0.6) is 0 Å². The monoisotopic (exact) mass is 315 g/mol. The van der Waals surface area contributed by atoms with Gasteiger partial charge in [-0.15, -0.1) is 0 Å². The van der Waals surface area contributed by atoms with Crippen molar-refractivity contribution in [2.75, 3.05) is 0 Å². The molecule has 0 bridgehead atoms. The van der Waals surface area contributed by atoms with Crippen molar-refractivity contribution in [3.05, 3.63) is 84.0 Å². The Kier molecular flexibility index (Phi) is 3.98. The summed E-state index contributed by atoms with van der Waals surface area (Å²) in [7, 11) is 0. The molecule has 118 valence electrons. The van der Waals surface area contributed by atoms with Gasteiger partial charge in [-0.25, -0.2) is 15.0 Å². The lowest BCUT2D eigenvalue weighted by molar-refractivity contribution is 0.892. The van der Waals surface area contributed by atoms with Crippen LogP contribution in [-0.2, 0) is 19.3 Å². The smallest absolute Gasteiger partial charge is 0.137 e. The minimum absolute atomic E-state index is 0.853. The van der Waals surface area contributed by atoms with Crippen LogP contribution in [0.1, 0.15) is 22.4 Å². The van der Waals surface area contributed by atoms with Crippen LogP contribution in [-0.4, -0.2) is 24.9 Å². The van der Waals surface area contributed by atoms with Gasteiger partial charge in [-0.05, 0) is 47.7 Å². The molecule has 0 fully saturated rings. The van der Waals surface area contributed by atoms with Crippen LogP contribution in [0.15, 0.2) is 61.6 Å². The largest absolute Gasteiger partial charge is 0.346 e. The van der Waals surface area contributed by atoms with E-state index in [0.29, 0.717) is 0 Å². The fourth-order valence-corrected chi connectivity index (χ4v) is 2.82. The minimum Gasteiger partial charge on any atom is -0.346 e. The molecule has 0 unspecified atom stereocenters. The molecule has 5 heteroatoms. The zero-order chi connectivity index (χ0) is 16.2. The molecule has 0 saturated heterocycles. The Balaban J connectivity index is 1.44. The molecule has 0 saturated carbocycles. The maximum Gasteiger partial charge on any atom is 0.137 e. The summed E-state index contributed by atoms with van der Waals surface area (Å²) >= 11 is 0. The van der Waals surface area contributed by atoms with Crippen LogP contribution in [0.4, 0.5) is 0 Å². The molecule has 0 aliphatic heterocycles. The fraction of sp³-hybridized carbons (Fsp3) is 0.158. The van der Waals surface area contributed by atoms with E-state index in [2.05, 4.69) is 43.1 Å². The molecule has 4 rings (SSSR count). The van der Waals surface area contributed by atoms with E-state index in [0.717, 1.165) is 36.2 Å². The Morgan fingerprint density at radius 1 is 0.875 bits per heavy atom. The average Bonchev–Trinajstić information content (AvgIpc) is 3.05. The summed E-state index contributed by atoms with van der Waals surface area (Å²) in [4.78, 5) is 20.2. The third kappa shape index (κ3) is 3.15. The average molecular weight is 315 g/mol. The van der Waals surface area contributed by atoms with Crippen molar-refractivity contribution in [1.82, 2.24) is 24.9 Å². The summed E-state index contributed by atoms with van der Waals surface area (Å²) < 4.78 is 0. The van der Waals surface area contributed by atoms with E-state index in [4.69, 9.17) is 0 Å². The molecule has 5 nitrogen and oxygen atoms in total. The molecule has 24 heavy (non-hydrogen) atoms. The second-order valence-corrected chi connectivity index (χ2v) is 5.79. The SMILES string of the molecule is c1cnc2[nH]cc(Cc3ccc(CCc4cncnc4)nc3)c2c1. The predicted molar refractivity (Wildman–Crippen MR) is 92.6 cm³/mol. The van der Waals surface area contributed by atoms with E-state index in [1.165, 1.54) is 16.5 Å². The molecule has 4 aromatic heterocycles.